The summed E-state index contributed by atoms with van der Waals surface area (Å²) >= 11 is 0. The summed E-state index contributed by atoms with van der Waals surface area (Å²) in [7, 11) is 4.69. The maximum absolute atomic E-state index is 12.9. The van der Waals surface area contributed by atoms with Gasteiger partial charge in [-0.3, -0.25) is 9.78 Å². The van der Waals surface area contributed by atoms with Crippen LogP contribution in [0.15, 0.2) is 41.4 Å². The number of carbonyl (C=O) groups is 1. The first-order chi connectivity index (χ1) is 15.8. The van der Waals surface area contributed by atoms with E-state index in [0.29, 0.717) is 39.2 Å². The van der Waals surface area contributed by atoms with E-state index in [2.05, 4.69) is 27.2 Å². The Hall–Kier alpha value is -2.50. The zero-order valence-electron chi connectivity index (χ0n) is 19.6. The highest BCUT2D eigenvalue weighted by Crippen LogP contribution is 2.36. The van der Waals surface area contributed by atoms with E-state index in [9.17, 15) is 14.1 Å². The molecular weight excluding hydrogens is 476 g/mol. The van der Waals surface area contributed by atoms with Crippen molar-refractivity contribution in [3.8, 4) is 17.1 Å². The molecule has 0 aliphatic carbocycles. The number of H-pyrrole nitrogens is 1. The molecule has 3 N–H and O–H groups in total. The van der Waals surface area contributed by atoms with Crippen LogP contribution in [-0.2, 0) is 11.0 Å². The third-order valence-corrected chi connectivity index (χ3v) is 7.26. The van der Waals surface area contributed by atoms with Gasteiger partial charge in [-0.05, 0) is 51.5 Å². The van der Waals surface area contributed by atoms with E-state index in [4.69, 9.17) is 0 Å². The topological polar surface area (TPSA) is 105 Å². The quantitative estimate of drug-likeness (QED) is 0.452. The van der Waals surface area contributed by atoms with Gasteiger partial charge in [-0.1, -0.05) is 0 Å². The highest BCUT2D eigenvalue weighted by atomic mass is 35.5. The van der Waals surface area contributed by atoms with Gasteiger partial charge in [0.1, 0.15) is 11.0 Å². The van der Waals surface area contributed by atoms with Crippen molar-refractivity contribution in [3.63, 3.8) is 0 Å². The molecule has 1 unspecified atom stereocenters. The summed E-state index contributed by atoms with van der Waals surface area (Å²) in [5.74, 6) is -0.188. The molecule has 3 aromatic rings. The lowest BCUT2D eigenvalue weighted by Gasteiger charge is -2.31. The second-order valence-corrected chi connectivity index (χ2v) is 10.0. The van der Waals surface area contributed by atoms with E-state index in [1.54, 1.807) is 36.5 Å². The van der Waals surface area contributed by atoms with Gasteiger partial charge < -0.3 is 25.2 Å². The van der Waals surface area contributed by atoms with Crippen molar-refractivity contribution in [1.82, 2.24) is 29.4 Å². The summed E-state index contributed by atoms with van der Waals surface area (Å²) < 4.78 is 14.9. The smallest absolute Gasteiger partial charge is 0.251 e. The Morgan fingerprint density at radius 1 is 1.21 bits per heavy atom. The molecule has 0 spiro atoms. The Labute approximate surface area is 208 Å². The third-order valence-electron chi connectivity index (χ3n) is 5.78. The normalized spacial score (nSPS) is 15.9. The maximum Gasteiger partial charge on any atom is 0.251 e. The minimum atomic E-state index is -1.27. The molecule has 9 nitrogen and oxygen atoms in total. The Kier molecular flexibility index (Phi) is 8.67. The molecule has 1 atom stereocenters. The maximum atomic E-state index is 12.9. The third kappa shape index (κ3) is 5.76. The second kappa shape index (κ2) is 11.3. The number of piperazine rings is 1. The van der Waals surface area contributed by atoms with Crippen molar-refractivity contribution in [2.75, 3.05) is 60.4 Å². The average molecular weight is 507 g/mol. The largest absolute Gasteiger partial charge is 0.494 e. The molecule has 4 rings (SSSR count). The van der Waals surface area contributed by atoms with Gasteiger partial charge in [0.25, 0.3) is 5.91 Å². The number of likely N-dealkylation sites (N-methyl/N-ethyl adjacent to an activating group) is 2. The van der Waals surface area contributed by atoms with Crippen molar-refractivity contribution < 1.29 is 14.1 Å². The van der Waals surface area contributed by atoms with Gasteiger partial charge >= 0.3 is 0 Å². The first-order valence-corrected chi connectivity index (χ1v) is 12.0. The summed E-state index contributed by atoms with van der Waals surface area (Å²) in [4.78, 5) is 24.8. The first kappa shape index (κ1) is 26.1. The molecule has 184 valence electrons. The summed E-state index contributed by atoms with van der Waals surface area (Å²) in [6, 6.07) is 8.80. The molecule has 0 bridgehead atoms. The van der Waals surface area contributed by atoms with Gasteiger partial charge in [0, 0.05) is 61.9 Å². The number of nitrogens with zero attached hydrogens (tertiary/aromatic N) is 4. The molecule has 1 amide bonds. The summed E-state index contributed by atoms with van der Waals surface area (Å²) in [5.41, 5.74) is 2.28. The van der Waals surface area contributed by atoms with Crippen LogP contribution >= 0.6 is 12.4 Å². The molecule has 3 heterocycles. The van der Waals surface area contributed by atoms with Crippen molar-refractivity contribution in [3.05, 3.63) is 42.1 Å². The van der Waals surface area contributed by atoms with Crippen molar-refractivity contribution in [1.29, 1.82) is 0 Å². The van der Waals surface area contributed by atoms with Crippen molar-refractivity contribution >= 4 is 40.2 Å². The van der Waals surface area contributed by atoms with Crippen LogP contribution in [-0.4, -0.2) is 99.7 Å². The minimum absolute atomic E-state index is 0. The summed E-state index contributed by atoms with van der Waals surface area (Å²) in [6.07, 6.45) is 1.60. The number of hydrogen-bond acceptors (Lipinski definition) is 6. The van der Waals surface area contributed by atoms with E-state index in [-0.39, 0.29) is 24.2 Å². The van der Waals surface area contributed by atoms with E-state index >= 15 is 0 Å². The monoisotopic (exact) mass is 506 g/mol. The molecular formula is C23H31ClN6O3S. The van der Waals surface area contributed by atoms with Crippen LogP contribution < -0.4 is 5.32 Å². The number of halogens is 1. The highest BCUT2D eigenvalue weighted by Gasteiger charge is 2.21. The minimum Gasteiger partial charge on any atom is -0.494 e. The van der Waals surface area contributed by atoms with Crippen molar-refractivity contribution in [2.24, 2.45) is 0 Å². The molecule has 1 aliphatic heterocycles. The van der Waals surface area contributed by atoms with Crippen LogP contribution in [0.2, 0.25) is 0 Å². The molecule has 2 aromatic heterocycles. The van der Waals surface area contributed by atoms with Gasteiger partial charge in [0.05, 0.1) is 16.2 Å². The fraction of sp³-hybridized carbons (Fsp3) is 0.391. The lowest BCUT2D eigenvalue weighted by atomic mass is 10.1. The fourth-order valence-corrected chi connectivity index (χ4v) is 4.93. The molecule has 0 saturated carbocycles. The summed E-state index contributed by atoms with van der Waals surface area (Å²) in [6.45, 7) is 4.54. The van der Waals surface area contributed by atoms with Gasteiger partial charge in [-0.2, -0.15) is 0 Å². The Bertz CT molecular complexity index is 1160. The lowest BCUT2D eigenvalue weighted by Crippen LogP contribution is -2.45. The van der Waals surface area contributed by atoms with Gasteiger partial charge in [0.2, 0.25) is 0 Å². The zero-order valence-corrected chi connectivity index (χ0v) is 21.2. The van der Waals surface area contributed by atoms with Gasteiger partial charge in [0.15, 0.2) is 5.88 Å². The van der Waals surface area contributed by atoms with E-state index in [1.807, 2.05) is 23.3 Å². The van der Waals surface area contributed by atoms with Crippen LogP contribution in [0.25, 0.3) is 22.2 Å². The number of aromatic nitrogens is 2. The van der Waals surface area contributed by atoms with Crippen LogP contribution in [0.1, 0.15) is 10.4 Å². The van der Waals surface area contributed by atoms with Crippen molar-refractivity contribution in [2.45, 2.75) is 4.90 Å². The Morgan fingerprint density at radius 3 is 2.59 bits per heavy atom. The van der Waals surface area contributed by atoms with E-state index < -0.39 is 11.0 Å². The van der Waals surface area contributed by atoms with Crippen LogP contribution in [0.4, 0.5) is 0 Å². The number of fused-ring (bicyclic) bond motifs is 1. The SMILES string of the molecule is CN(C)CCNC(=O)c1ccc2[nH]c(O)c(-c3ccc(S(=O)N4CCN(C)CC4)cn3)c2c1.Cl. The molecule has 0 radical (unpaired) electrons. The average Bonchev–Trinajstić information content (AvgIpc) is 3.13. The fourth-order valence-electron chi connectivity index (χ4n) is 3.81. The van der Waals surface area contributed by atoms with Crippen LogP contribution in [0.3, 0.4) is 0 Å². The van der Waals surface area contributed by atoms with E-state index in [0.717, 1.165) is 32.7 Å². The number of amides is 1. The Balaban J connectivity index is 0.00000324. The molecule has 1 aliphatic rings. The zero-order chi connectivity index (χ0) is 23.5. The predicted molar refractivity (Wildman–Crippen MR) is 137 cm³/mol. The summed E-state index contributed by atoms with van der Waals surface area (Å²) in [5, 5.41) is 14.2. The second-order valence-electron chi connectivity index (χ2n) is 8.53. The molecule has 1 aromatic carbocycles. The molecule has 11 heteroatoms. The number of aromatic hydroxyl groups is 1. The standard InChI is InChI=1S/C23H30N6O3S.ClH/c1-27(2)9-8-24-22(30)16-4-6-19-18(14-16)21(23(31)26-19)20-7-5-17(15-25-20)33(32)29-12-10-28(3)11-13-29;/h4-7,14-15,26,31H,8-13H2,1-3H3,(H,24,30);1H. The van der Waals surface area contributed by atoms with E-state index in [1.165, 1.54) is 0 Å². The van der Waals surface area contributed by atoms with Crippen LogP contribution in [0.5, 0.6) is 5.88 Å². The molecule has 1 saturated heterocycles. The number of aromatic amines is 1. The van der Waals surface area contributed by atoms with Gasteiger partial charge in [-0.25, -0.2) is 8.51 Å². The Morgan fingerprint density at radius 2 is 1.94 bits per heavy atom. The number of rotatable bonds is 7. The number of pyridine rings is 1. The highest BCUT2D eigenvalue weighted by molar-refractivity contribution is 7.82. The predicted octanol–water partition coefficient (Wildman–Crippen LogP) is 1.92. The number of nitrogens with one attached hydrogen (secondary N) is 2. The lowest BCUT2D eigenvalue weighted by molar-refractivity contribution is 0.0951. The molecule has 1 fully saturated rings. The van der Waals surface area contributed by atoms with Gasteiger partial charge in [-0.15, -0.1) is 12.4 Å². The number of benzene rings is 1. The van der Waals surface area contributed by atoms with Crippen LogP contribution in [0, 0.1) is 0 Å². The molecule has 34 heavy (non-hydrogen) atoms. The first-order valence-electron chi connectivity index (χ1n) is 10.9. The number of carbonyl (C=O) groups excluding carboxylic acids is 1. The number of hydrogen-bond donors (Lipinski definition) is 3.